The van der Waals surface area contributed by atoms with E-state index in [0.717, 1.165) is 18.6 Å². The van der Waals surface area contributed by atoms with Crippen LogP contribution in [-0.4, -0.2) is 16.7 Å². The van der Waals surface area contributed by atoms with Crippen LogP contribution in [0.3, 0.4) is 0 Å². The molecular formula is C15H19N3O3. The first-order valence-corrected chi connectivity index (χ1v) is 7.17. The van der Waals surface area contributed by atoms with Gasteiger partial charge in [-0.2, -0.15) is 4.98 Å². The number of nitrogens with two attached hydrogens (primary N) is 1. The summed E-state index contributed by atoms with van der Waals surface area (Å²) in [5.41, 5.74) is 5.68. The highest BCUT2D eigenvalue weighted by molar-refractivity contribution is 5.40. The van der Waals surface area contributed by atoms with Gasteiger partial charge in [-0.1, -0.05) is 31.1 Å². The fourth-order valence-corrected chi connectivity index (χ4v) is 2.27. The Morgan fingerprint density at radius 1 is 1.24 bits per heavy atom. The minimum Gasteiger partial charge on any atom is -0.485 e. The number of benzene rings is 1. The number of hydrogen-bond donors (Lipinski definition) is 1. The van der Waals surface area contributed by atoms with E-state index in [9.17, 15) is 0 Å². The molecule has 0 spiro atoms. The molecule has 1 aromatic heterocycles. The van der Waals surface area contributed by atoms with Gasteiger partial charge in [0, 0.05) is 0 Å². The molecule has 2 aromatic rings. The zero-order valence-electron chi connectivity index (χ0n) is 12.2. The SMILES string of the molecule is CCC(N)(CC)c1nc(C2COc3ccccc3O2)no1. The summed E-state index contributed by atoms with van der Waals surface area (Å²) < 4.78 is 16.9. The van der Waals surface area contributed by atoms with Gasteiger partial charge in [-0.25, -0.2) is 0 Å². The van der Waals surface area contributed by atoms with Crippen LogP contribution in [0.25, 0.3) is 0 Å². The second-order valence-electron chi connectivity index (χ2n) is 5.19. The number of rotatable bonds is 4. The van der Waals surface area contributed by atoms with Crippen molar-refractivity contribution in [2.45, 2.75) is 38.3 Å². The summed E-state index contributed by atoms with van der Waals surface area (Å²) >= 11 is 0. The first-order chi connectivity index (χ1) is 10.2. The molecule has 1 atom stereocenters. The maximum atomic E-state index is 6.27. The molecule has 1 aliphatic heterocycles. The summed E-state index contributed by atoms with van der Waals surface area (Å²) in [5.74, 6) is 2.33. The molecule has 0 bridgehead atoms. The second-order valence-corrected chi connectivity index (χ2v) is 5.19. The van der Waals surface area contributed by atoms with Crippen molar-refractivity contribution in [1.82, 2.24) is 10.1 Å². The average molecular weight is 289 g/mol. The molecule has 0 amide bonds. The minimum atomic E-state index is -0.585. The molecule has 2 N–H and O–H groups in total. The first-order valence-electron chi connectivity index (χ1n) is 7.17. The first kappa shape index (κ1) is 13.9. The van der Waals surface area contributed by atoms with Gasteiger partial charge >= 0.3 is 0 Å². The summed E-state index contributed by atoms with van der Waals surface area (Å²) in [6.45, 7) is 4.36. The molecule has 1 aromatic carbocycles. The molecular weight excluding hydrogens is 270 g/mol. The quantitative estimate of drug-likeness (QED) is 0.931. The van der Waals surface area contributed by atoms with E-state index in [0.29, 0.717) is 24.1 Å². The van der Waals surface area contributed by atoms with Crippen molar-refractivity contribution in [2.24, 2.45) is 5.73 Å². The molecule has 0 aliphatic carbocycles. The number of ether oxygens (including phenoxy) is 2. The van der Waals surface area contributed by atoms with Gasteiger partial charge in [-0.05, 0) is 25.0 Å². The smallest absolute Gasteiger partial charge is 0.246 e. The molecule has 0 saturated carbocycles. The predicted octanol–water partition coefficient (Wildman–Crippen LogP) is 2.56. The molecule has 21 heavy (non-hydrogen) atoms. The normalized spacial score (nSPS) is 17.8. The van der Waals surface area contributed by atoms with E-state index in [1.165, 1.54) is 0 Å². The fourth-order valence-electron chi connectivity index (χ4n) is 2.27. The van der Waals surface area contributed by atoms with Crippen molar-refractivity contribution in [3.63, 3.8) is 0 Å². The standard InChI is InChI=1S/C15H19N3O3/c1-3-15(16,4-2)14-17-13(18-21-14)12-9-19-10-7-5-6-8-11(10)20-12/h5-8,12H,3-4,9,16H2,1-2H3. The third-order valence-electron chi connectivity index (χ3n) is 3.93. The van der Waals surface area contributed by atoms with Crippen LogP contribution in [-0.2, 0) is 5.54 Å². The molecule has 1 aliphatic rings. The van der Waals surface area contributed by atoms with E-state index in [2.05, 4.69) is 10.1 Å². The number of para-hydroxylation sites is 2. The van der Waals surface area contributed by atoms with E-state index < -0.39 is 5.54 Å². The molecule has 0 fully saturated rings. The van der Waals surface area contributed by atoms with E-state index in [1.807, 2.05) is 38.1 Å². The van der Waals surface area contributed by atoms with Crippen molar-refractivity contribution in [3.05, 3.63) is 36.0 Å². The molecule has 6 nitrogen and oxygen atoms in total. The summed E-state index contributed by atoms with van der Waals surface area (Å²) in [4.78, 5) is 4.41. The van der Waals surface area contributed by atoms with Gasteiger partial charge in [0.15, 0.2) is 17.6 Å². The van der Waals surface area contributed by atoms with Crippen LogP contribution in [0.1, 0.15) is 44.5 Å². The Kier molecular flexibility index (Phi) is 3.55. The van der Waals surface area contributed by atoms with Crippen molar-refractivity contribution in [3.8, 4) is 11.5 Å². The lowest BCUT2D eigenvalue weighted by molar-refractivity contribution is 0.0832. The second kappa shape index (κ2) is 5.37. The van der Waals surface area contributed by atoms with E-state index in [1.54, 1.807) is 0 Å². The lowest BCUT2D eigenvalue weighted by Gasteiger charge is -2.24. The van der Waals surface area contributed by atoms with Crippen LogP contribution in [0.2, 0.25) is 0 Å². The number of hydrogen-bond acceptors (Lipinski definition) is 6. The Hall–Kier alpha value is -2.08. The topological polar surface area (TPSA) is 83.4 Å². The molecule has 6 heteroatoms. The van der Waals surface area contributed by atoms with E-state index in [4.69, 9.17) is 19.7 Å². The molecule has 2 heterocycles. The van der Waals surface area contributed by atoms with E-state index in [-0.39, 0.29) is 6.10 Å². The highest BCUT2D eigenvalue weighted by atomic mass is 16.6. The predicted molar refractivity (Wildman–Crippen MR) is 76.1 cm³/mol. The molecule has 112 valence electrons. The van der Waals surface area contributed by atoms with Crippen LogP contribution in [0.5, 0.6) is 11.5 Å². The van der Waals surface area contributed by atoms with Crippen LogP contribution < -0.4 is 15.2 Å². The molecule has 0 saturated heterocycles. The van der Waals surface area contributed by atoms with Gasteiger partial charge in [0.05, 0.1) is 5.54 Å². The Morgan fingerprint density at radius 2 is 1.95 bits per heavy atom. The van der Waals surface area contributed by atoms with Crippen molar-refractivity contribution >= 4 is 0 Å². The average Bonchev–Trinajstić information content (AvgIpc) is 3.04. The molecule has 0 radical (unpaired) electrons. The molecule has 1 unspecified atom stereocenters. The van der Waals surface area contributed by atoms with Crippen LogP contribution in [0, 0.1) is 0 Å². The third kappa shape index (κ3) is 2.47. The summed E-state index contributed by atoms with van der Waals surface area (Å²) in [5, 5.41) is 4.00. The van der Waals surface area contributed by atoms with Gasteiger partial charge < -0.3 is 19.7 Å². The number of fused-ring (bicyclic) bond motifs is 1. The minimum absolute atomic E-state index is 0.353. The highest BCUT2D eigenvalue weighted by Gasteiger charge is 2.33. The Morgan fingerprint density at radius 3 is 2.67 bits per heavy atom. The van der Waals surface area contributed by atoms with Gasteiger partial charge in [0.25, 0.3) is 0 Å². The zero-order valence-corrected chi connectivity index (χ0v) is 12.2. The Bertz CT molecular complexity index is 622. The number of nitrogens with zero attached hydrogens (tertiary/aromatic N) is 2. The third-order valence-corrected chi connectivity index (χ3v) is 3.93. The number of aromatic nitrogens is 2. The van der Waals surface area contributed by atoms with Gasteiger partial charge in [0.2, 0.25) is 11.7 Å². The van der Waals surface area contributed by atoms with Gasteiger partial charge in [-0.3, -0.25) is 0 Å². The maximum Gasteiger partial charge on any atom is 0.246 e. The van der Waals surface area contributed by atoms with Crippen molar-refractivity contribution in [1.29, 1.82) is 0 Å². The van der Waals surface area contributed by atoms with Gasteiger partial charge in [-0.15, -0.1) is 0 Å². The lowest BCUT2D eigenvalue weighted by atomic mass is 9.94. The van der Waals surface area contributed by atoms with Gasteiger partial charge in [0.1, 0.15) is 6.61 Å². The maximum absolute atomic E-state index is 6.27. The summed E-state index contributed by atoms with van der Waals surface area (Å²) in [6, 6.07) is 7.52. The largest absolute Gasteiger partial charge is 0.485 e. The Balaban J connectivity index is 1.82. The van der Waals surface area contributed by atoms with Crippen LogP contribution in [0.15, 0.2) is 28.8 Å². The highest BCUT2D eigenvalue weighted by Crippen LogP contribution is 2.35. The fraction of sp³-hybridized carbons (Fsp3) is 0.467. The lowest BCUT2D eigenvalue weighted by Crippen LogP contribution is -2.35. The van der Waals surface area contributed by atoms with Crippen molar-refractivity contribution < 1.29 is 14.0 Å². The monoisotopic (exact) mass is 289 g/mol. The summed E-state index contributed by atoms with van der Waals surface area (Å²) in [6.07, 6.45) is 1.08. The van der Waals surface area contributed by atoms with E-state index >= 15 is 0 Å². The van der Waals surface area contributed by atoms with Crippen LogP contribution >= 0.6 is 0 Å². The van der Waals surface area contributed by atoms with Crippen LogP contribution in [0.4, 0.5) is 0 Å². The summed E-state index contributed by atoms with van der Waals surface area (Å²) in [7, 11) is 0. The van der Waals surface area contributed by atoms with Crippen molar-refractivity contribution in [2.75, 3.05) is 6.61 Å². The Labute approximate surface area is 123 Å². The molecule has 3 rings (SSSR count). The zero-order chi connectivity index (χ0) is 14.9.